The van der Waals surface area contributed by atoms with Gasteiger partial charge < -0.3 is 10.1 Å². The fourth-order valence-electron chi connectivity index (χ4n) is 0.963. The lowest BCUT2D eigenvalue weighted by molar-refractivity contribution is -0.119. The van der Waals surface area contributed by atoms with Gasteiger partial charge in [0.15, 0.2) is 11.6 Å². The van der Waals surface area contributed by atoms with Crippen molar-refractivity contribution in [3.8, 4) is 5.75 Å². The molecule has 0 bridgehead atoms. The standard InChI is InChI=1S/C10H11F2NO2/c1-7(14)13-4-5-15-8-2-3-9(11)10(12)6-8/h2-3,6H,4-5H2,1H3,(H,13,14). The maximum absolute atomic E-state index is 12.7. The summed E-state index contributed by atoms with van der Waals surface area (Å²) in [6, 6.07) is 3.28. The summed E-state index contributed by atoms with van der Waals surface area (Å²) in [5.74, 6) is -1.79. The maximum atomic E-state index is 12.7. The molecule has 0 aromatic heterocycles. The number of carbonyl (C=O) groups excluding carboxylic acids is 1. The zero-order valence-corrected chi connectivity index (χ0v) is 8.22. The van der Waals surface area contributed by atoms with Crippen LogP contribution in [-0.2, 0) is 4.79 Å². The van der Waals surface area contributed by atoms with Crippen molar-refractivity contribution in [3.05, 3.63) is 29.8 Å². The van der Waals surface area contributed by atoms with Gasteiger partial charge in [0.05, 0.1) is 6.54 Å². The van der Waals surface area contributed by atoms with Gasteiger partial charge in [0.1, 0.15) is 12.4 Å². The van der Waals surface area contributed by atoms with E-state index in [0.717, 1.165) is 12.1 Å². The fraction of sp³-hybridized carbons (Fsp3) is 0.300. The van der Waals surface area contributed by atoms with Crippen molar-refractivity contribution in [2.75, 3.05) is 13.2 Å². The molecule has 0 aliphatic carbocycles. The van der Waals surface area contributed by atoms with Gasteiger partial charge in [0.2, 0.25) is 5.91 Å². The molecule has 0 aliphatic rings. The number of amides is 1. The molecule has 0 fully saturated rings. The predicted octanol–water partition coefficient (Wildman–Crippen LogP) is 1.48. The second-order valence-corrected chi connectivity index (χ2v) is 2.91. The Hall–Kier alpha value is -1.65. The number of ether oxygens (including phenoxy) is 1. The largest absolute Gasteiger partial charge is 0.492 e. The zero-order chi connectivity index (χ0) is 11.3. The van der Waals surface area contributed by atoms with E-state index in [1.807, 2.05) is 0 Å². The van der Waals surface area contributed by atoms with Crippen LogP contribution in [0.3, 0.4) is 0 Å². The van der Waals surface area contributed by atoms with Crippen molar-refractivity contribution in [2.24, 2.45) is 0 Å². The molecule has 5 heteroatoms. The molecule has 82 valence electrons. The SMILES string of the molecule is CC(=O)NCCOc1ccc(F)c(F)c1. The molecule has 1 N–H and O–H groups in total. The third-order valence-corrected chi connectivity index (χ3v) is 1.64. The van der Waals surface area contributed by atoms with Gasteiger partial charge in [-0.25, -0.2) is 8.78 Å². The second kappa shape index (κ2) is 5.29. The Morgan fingerprint density at radius 2 is 2.13 bits per heavy atom. The molecule has 0 unspecified atom stereocenters. The van der Waals surface area contributed by atoms with E-state index in [1.54, 1.807) is 0 Å². The predicted molar refractivity (Wildman–Crippen MR) is 50.5 cm³/mol. The van der Waals surface area contributed by atoms with Crippen LogP contribution < -0.4 is 10.1 Å². The average Bonchev–Trinajstić information content (AvgIpc) is 2.18. The summed E-state index contributed by atoms with van der Waals surface area (Å²) < 4.78 is 30.3. The molecule has 1 aromatic rings. The van der Waals surface area contributed by atoms with E-state index in [9.17, 15) is 13.6 Å². The Bertz CT molecular complexity index is 355. The first-order chi connectivity index (χ1) is 7.09. The van der Waals surface area contributed by atoms with Gasteiger partial charge in [0.25, 0.3) is 0 Å². The van der Waals surface area contributed by atoms with Crippen LogP contribution in [0.1, 0.15) is 6.92 Å². The molecule has 0 heterocycles. The normalized spacial score (nSPS) is 9.80. The first kappa shape index (κ1) is 11.4. The Morgan fingerprint density at radius 3 is 2.73 bits per heavy atom. The minimum atomic E-state index is -0.952. The molecule has 1 rings (SSSR count). The van der Waals surface area contributed by atoms with Crippen LogP contribution in [0.5, 0.6) is 5.75 Å². The van der Waals surface area contributed by atoms with E-state index in [4.69, 9.17) is 4.74 Å². The molecule has 0 spiro atoms. The van der Waals surface area contributed by atoms with Crippen molar-refractivity contribution >= 4 is 5.91 Å². The first-order valence-corrected chi connectivity index (χ1v) is 4.42. The van der Waals surface area contributed by atoms with Crippen LogP contribution in [0, 0.1) is 11.6 Å². The summed E-state index contributed by atoms with van der Waals surface area (Å²) in [6.07, 6.45) is 0. The highest BCUT2D eigenvalue weighted by Crippen LogP contribution is 2.14. The van der Waals surface area contributed by atoms with Gasteiger partial charge in [-0.05, 0) is 12.1 Å². The number of hydrogen-bond donors (Lipinski definition) is 1. The topological polar surface area (TPSA) is 38.3 Å². The van der Waals surface area contributed by atoms with Crippen LogP contribution in [0.4, 0.5) is 8.78 Å². The second-order valence-electron chi connectivity index (χ2n) is 2.91. The third-order valence-electron chi connectivity index (χ3n) is 1.64. The average molecular weight is 215 g/mol. The molecule has 0 atom stereocenters. The molecule has 15 heavy (non-hydrogen) atoms. The third kappa shape index (κ3) is 3.93. The minimum Gasteiger partial charge on any atom is -0.492 e. The Labute approximate surface area is 86.0 Å². The van der Waals surface area contributed by atoms with E-state index < -0.39 is 11.6 Å². The van der Waals surface area contributed by atoms with E-state index in [2.05, 4.69) is 5.32 Å². The minimum absolute atomic E-state index is 0.163. The van der Waals surface area contributed by atoms with Crippen molar-refractivity contribution in [2.45, 2.75) is 6.92 Å². The molecule has 1 amide bonds. The highest BCUT2D eigenvalue weighted by atomic mass is 19.2. The van der Waals surface area contributed by atoms with E-state index >= 15 is 0 Å². The van der Waals surface area contributed by atoms with Gasteiger partial charge in [-0.1, -0.05) is 0 Å². The van der Waals surface area contributed by atoms with Crippen LogP contribution in [0.2, 0.25) is 0 Å². The van der Waals surface area contributed by atoms with Gasteiger partial charge in [0, 0.05) is 13.0 Å². The van der Waals surface area contributed by atoms with E-state index in [0.29, 0.717) is 6.54 Å². The molecule has 1 aromatic carbocycles. The molecular formula is C10H11F2NO2. The van der Waals surface area contributed by atoms with Crippen molar-refractivity contribution in [1.82, 2.24) is 5.32 Å². The van der Waals surface area contributed by atoms with Gasteiger partial charge in [-0.3, -0.25) is 4.79 Å². The molecule has 0 saturated heterocycles. The van der Waals surface area contributed by atoms with E-state index in [-0.39, 0.29) is 18.3 Å². The molecule has 0 radical (unpaired) electrons. The summed E-state index contributed by atoms with van der Waals surface area (Å²) in [5.41, 5.74) is 0. The number of carbonyl (C=O) groups is 1. The lowest BCUT2D eigenvalue weighted by Gasteiger charge is -2.06. The Balaban J connectivity index is 2.38. The monoisotopic (exact) mass is 215 g/mol. The zero-order valence-electron chi connectivity index (χ0n) is 8.22. The number of hydrogen-bond acceptors (Lipinski definition) is 2. The van der Waals surface area contributed by atoms with Crippen LogP contribution >= 0.6 is 0 Å². The Morgan fingerprint density at radius 1 is 1.40 bits per heavy atom. The fourth-order valence-corrected chi connectivity index (χ4v) is 0.963. The Kier molecular flexibility index (Phi) is 4.03. The highest BCUT2D eigenvalue weighted by molar-refractivity contribution is 5.72. The van der Waals surface area contributed by atoms with Crippen molar-refractivity contribution in [3.63, 3.8) is 0 Å². The highest BCUT2D eigenvalue weighted by Gasteiger charge is 2.02. The van der Waals surface area contributed by atoms with Crippen LogP contribution in [0.15, 0.2) is 18.2 Å². The summed E-state index contributed by atoms with van der Waals surface area (Å²) in [6.45, 7) is 1.93. The molecule has 3 nitrogen and oxygen atoms in total. The van der Waals surface area contributed by atoms with Crippen molar-refractivity contribution < 1.29 is 18.3 Å². The maximum Gasteiger partial charge on any atom is 0.216 e. The number of rotatable bonds is 4. The van der Waals surface area contributed by atoms with Crippen molar-refractivity contribution in [1.29, 1.82) is 0 Å². The summed E-state index contributed by atoms with van der Waals surface area (Å²) >= 11 is 0. The molecule has 0 saturated carbocycles. The summed E-state index contributed by atoms with van der Waals surface area (Å²) in [4.78, 5) is 10.5. The lowest BCUT2D eigenvalue weighted by atomic mass is 10.3. The van der Waals surface area contributed by atoms with Gasteiger partial charge in [-0.15, -0.1) is 0 Å². The smallest absolute Gasteiger partial charge is 0.216 e. The quantitative estimate of drug-likeness (QED) is 0.772. The van der Waals surface area contributed by atoms with Crippen LogP contribution in [0.25, 0.3) is 0 Å². The summed E-state index contributed by atoms with van der Waals surface area (Å²) in [7, 11) is 0. The lowest BCUT2D eigenvalue weighted by Crippen LogP contribution is -2.25. The van der Waals surface area contributed by atoms with E-state index in [1.165, 1.54) is 13.0 Å². The summed E-state index contributed by atoms with van der Waals surface area (Å²) in [5, 5.41) is 2.51. The van der Waals surface area contributed by atoms with Gasteiger partial charge >= 0.3 is 0 Å². The number of benzene rings is 1. The van der Waals surface area contributed by atoms with Crippen LogP contribution in [-0.4, -0.2) is 19.1 Å². The molecular weight excluding hydrogens is 204 g/mol. The number of nitrogens with one attached hydrogen (secondary N) is 1. The molecule has 0 aliphatic heterocycles. The first-order valence-electron chi connectivity index (χ1n) is 4.42. The number of halogens is 2. The van der Waals surface area contributed by atoms with Gasteiger partial charge in [-0.2, -0.15) is 0 Å².